The van der Waals surface area contributed by atoms with E-state index in [1.807, 2.05) is 0 Å². The first-order valence-electron chi connectivity index (χ1n) is 6.28. The minimum absolute atomic E-state index is 0.289. The third-order valence-electron chi connectivity index (χ3n) is 3.45. The highest BCUT2D eigenvalue weighted by Gasteiger charge is 2.18. The van der Waals surface area contributed by atoms with Crippen molar-refractivity contribution in [1.82, 2.24) is 10.2 Å². The van der Waals surface area contributed by atoms with Crippen molar-refractivity contribution in [3.8, 4) is 0 Å². The molecule has 3 nitrogen and oxygen atoms in total. The molecule has 15 heavy (non-hydrogen) atoms. The zero-order valence-corrected chi connectivity index (χ0v) is 10.2. The van der Waals surface area contributed by atoms with E-state index in [0.29, 0.717) is 6.04 Å². The molecule has 0 amide bonds. The topological polar surface area (TPSA) is 35.5 Å². The van der Waals surface area contributed by atoms with Gasteiger partial charge >= 0.3 is 0 Å². The Labute approximate surface area is 93.9 Å². The van der Waals surface area contributed by atoms with Crippen LogP contribution in [0.25, 0.3) is 0 Å². The summed E-state index contributed by atoms with van der Waals surface area (Å²) in [6.07, 6.45) is 6.21. The molecular weight excluding hydrogens is 188 g/mol. The number of nitrogens with one attached hydrogen (secondary N) is 1. The van der Waals surface area contributed by atoms with Crippen LogP contribution in [0.15, 0.2) is 0 Å². The summed E-state index contributed by atoms with van der Waals surface area (Å²) in [4.78, 5) is 2.49. The van der Waals surface area contributed by atoms with Gasteiger partial charge in [0.1, 0.15) is 0 Å². The van der Waals surface area contributed by atoms with Crippen molar-refractivity contribution in [3.05, 3.63) is 0 Å². The average Bonchev–Trinajstić information content (AvgIpc) is 2.21. The first-order chi connectivity index (χ1) is 7.24. The molecule has 1 aliphatic rings. The number of piperidine rings is 1. The summed E-state index contributed by atoms with van der Waals surface area (Å²) in [5.74, 6) is 0. The van der Waals surface area contributed by atoms with Gasteiger partial charge in [0.2, 0.25) is 0 Å². The lowest BCUT2D eigenvalue weighted by Gasteiger charge is -2.32. The maximum atomic E-state index is 8.78. The molecule has 0 aliphatic carbocycles. The van der Waals surface area contributed by atoms with Crippen molar-refractivity contribution in [2.45, 2.75) is 51.1 Å². The number of aliphatic hydroxyl groups is 1. The maximum absolute atomic E-state index is 8.78. The Kier molecular flexibility index (Phi) is 6.22. The van der Waals surface area contributed by atoms with Crippen LogP contribution in [0.1, 0.15) is 39.0 Å². The van der Waals surface area contributed by atoms with Gasteiger partial charge in [-0.15, -0.1) is 0 Å². The molecule has 0 spiro atoms. The third-order valence-corrected chi connectivity index (χ3v) is 3.45. The van der Waals surface area contributed by atoms with E-state index in [1.165, 1.54) is 32.2 Å². The Balaban J connectivity index is 2.08. The van der Waals surface area contributed by atoms with E-state index in [-0.39, 0.29) is 6.61 Å². The summed E-state index contributed by atoms with van der Waals surface area (Å²) in [6, 6.07) is 1.22. The predicted molar refractivity (Wildman–Crippen MR) is 64.1 cm³/mol. The van der Waals surface area contributed by atoms with E-state index in [2.05, 4.69) is 24.2 Å². The summed E-state index contributed by atoms with van der Waals surface area (Å²) in [7, 11) is 2.24. The van der Waals surface area contributed by atoms with Crippen LogP contribution in [0.4, 0.5) is 0 Å². The summed E-state index contributed by atoms with van der Waals surface area (Å²) in [5, 5.41) is 12.2. The van der Waals surface area contributed by atoms with E-state index in [9.17, 15) is 0 Å². The third kappa shape index (κ3) is 4.96. The normalized spacial score (nSPS) is 25.4. The van der Waals surface area contributed by atoms with E-state index < -0.39 is 0 Å². The van der Waals surface area contributed by atoms with Gasteiger partial charge in [-0.05, 0) is 52.7 Å². The molecule has 3 heteroatoms. The molecule has 0 saturated carbocycles. The molecule has 1 saturated heterocycles. The van der Waals surface area contributed by atoms with Crippen LogP contribution < -0.4 is 5.32 Å². The molecule has 1 aliphatic heterocycles. The second-order valence-electron chi connectivity index (χ2n) is 4.79. The zero-order chi connectivity index (χ0) is 11.1. The highest BCUT2D eigenvalue weighted by Crippen LogP contribution is 2.17. The van der Waals surface area contributed by atoms with Gasteiger partial charge in [-0.25, -0.2) is 0 Å². The first-order valence-corrected chi connectivity index (χ1v) is 6.28. The van der Waals surface area contributed by atoms with Gasteiger partial charge in [-0.2, -0.15) is 0 Å². The largest absolute Gasteiger partial charge is 0.396 e. The Morgan fingerprint density at radius 3 is 2.93 bits per heavy atom. The Morgan fingerprint density at radius 1 is 1.47 bits per heavy atom. The highest BCUT2D eigenvalue weighted by molar-refractivity contribution is 4.75. The van der Waals surface area contributed by atoms with E-state index in [1.54, 1.807) is 0 Å². The lowest BCUT2D eigenvalue weighted by atomic mass is 10.00. The fraction of sp³-hybridized carbons (Fsp3) is 1.00. The van der Waals surface area contributed by atoms with E-state index in [0.717, 1.165) is 19.0 Å². The minimum atomic E-state index is 0.289. The average molecular weight is 214 g/mol. The maximum Gasteiger partial charge on any atom is 0.0445 e. The second kappa shape index (κ2) is 7.20. The minimum Gasteiger partial charge on any atom is -0.396 e. The summed E-state index contributed by atoms with van der Waals surface area (Å²) >= 11 is 0. The lowest BCUT2D eigenvalue weighted by molar-refractivity contribution is 0.173. The molecule has 2 atom stereocenters. The van der Waals surface area contributed by atoms with Gasteiger partial charge in [0.25, 0.3) is 0 Å². The van der Waals surface area contributed by atoms with Crippen LogP contribution in [0.5, 0.6) is 0 Å². The summed E-state index contributed by atoms with van der Waals surface area (Å²) in [6.45, 7) is 4.77. The van der Waals surface area contributed by atoms with Crippen LogP contribution in [-0.2, 0) is 0 Å². The van der Waals surface area contributed by atoms with Crippen LogP contribution in [0.2, 0.25) is 0 Å². The fourth-order valence-electron chi connectivity index (χ4n) is 2.30. The SMILES string of the molecule is CC(CCO)NCCC1CCCCN1C. The summed E-state index contributed by atoms with van der Waals surface area (Å²) in [5.41, 5.74) is 0. The number of rotatable bonds is 6. The van der Waals surface area contributed by atoms with Crippen molar-refractivity contribution in [2.24, 2.45) is 0 Å². The Bertz CT molecular complexity index is 164. The van der Waals surface area contributed by atoms with Crippen LogP contribution in [0.3, 0.4) is 0 Å². The molecule has 1 rings (SSSR count). The molecule has 2 N–H and O–H groups in total. The molecule has 1 heterocycles. The molecule has 2 unspecified atom stereocenters. The zero-order valence-electron chi connectivity index (χ0n) is 10.2. The molecule has 90 valence electrons. The molecule has 0 radical (unpaired) electrons. The number of hydrogen-bond donors (Lipinski definition) is 2. The second-order valence-corrected chi connectivity index (χ2v) is 4.79. The molecule has 0 aromatic heterocycles. The van der Waals surface area contributed by atoms with Gasteiger partial charge in [0.05, 0.1) is 0 Å². The smallest absolute Gasteiger partial charge is 0.0445 e. The van der Waals surface area contributed by atoms with Gasteiger partial charge in [-0.3, -0.25) is 0 Å². The predicted octanol–water partition coefficient (Wildman–Crippen LogP) is 1.22. The Morgan fingerprint density at radius 2 is 2.27 bits per heavy atom. The molecule has 0 aromatic rings. The quantitative estimate of drug-likeness (QED) is 0.698. The van der Waals surface area contributed by atoms with Gasteiger partial charge in [-0.1, -0.05) is 6.42 Å². The van der Waals surface area contributed by atoms with Crippen molar-refractivity contribution in [3.63, 3.8) is 0 Å². The standard InChI is InChI=1S/C12H26N2O/c1-11(7-10-15)13-8-6-12-5-3-4-9-14(12)2/h11-13,15H,3-10H2,1-2H3. The van der Waals surface area contributed by atoms with Crippen LogP contribution in [-0.4, -0.2) is 48.8 Å². The van der Waals surface area contributed by atoms with Crippen molar-refractivity contribution in [1.29, 1.82) is 0 Å². The monoisotopic (exact) mass is 214 g/mol. The number of hydrogen-bond acceptors (Lipinski definition) is 3. The van der Waals surface area contributed by atoms with Crippen molar-refractivity contribution < 1.29 is 5.11 Å². The molecular formula is C12H26N2O. The number of nitrogens with zero attached hydrogens (tertiary/aromatic N) is 1. The lowest BCUT2D eigenvalue weighted by Crippen LogP contribution is -2.39. The van der Waals surface area contributed by atoms with Crippen molar-refractivity contribution >= 4 is 0 Å². The Hall–Kier alpha value is -0.120. The van der Waals surface area contributed by atoms with E-state index >= 15 is 0 Å². The highest BCUT2D eigenvalue weighted by atomic mass is 16.3. The van der Waals surface area contributed by atoms with Crippen LogP contribution in [0, 0.1) is 0 Å². The van der Waals surface area contributed by atoms with Crippen molar-refractivity contribution in [2.75, 3.05) is 26.7 Å². The summed E-state index contributed by atoms with van der Waals surface area (Å²) < 4.78 is 0. The van der Waals surface area contributed by atoms with Gasteiger partial charge in [0, 0.05) is 18.7 Å². The van der Waals surface area contributed by atoms with Gasteiger partial charge < -0.3 is 15.3 Å². The fourth-order valence-corrected chi connectivity index (χ4v) is 2.30. The molecule has 0 bridgehead atoms. The van der Waals surface area contributed by atoms with E-state index in [4.69, 9.17) is 5.11 Å². The molecule has 0 aromatic carbocycles. The number of aliphatic hydroxyl groups excluding tert-OH is 1. The number of likely N-dealkylation sites (tertiary alicyclic amines) is 1. The van der Waals surface area contributed by atoms with Crippen LogP contribution >= 0.6 is 0 Å². The van der Waals surface area contributed by atoms with Gasteiger partial charge in [0.15, 0.2) is 0 Å². The molecule has 1 fully saturated rings. The first kappa shape index (κ1) is 12.9.